The van der Waals surface area contributed by atoms with Crippen LogP contribution in [-0.2, 0) is 17.8 Å². The number of morpholine rings is 1. The van der Waals surface area contributed by atoms with Crippen molar-refractivity contribution in [3.8, 4) is 11.4 Å². The number of benzene rings is 1. The average Bonchev–Trinajstić information content (AvgIpc) is 3.15. The molecule has 5 heteroatoms. The second-order valence-corrected chi connectivity index (χ2v) is 7.20. The second kappa shape index (κ2) is 5.53. The van der Waals surface area contributed by atoms with Crippen molar-refractivity contribution < 1.29 is 4.74 Å². The van der Waals surface area contributed by atoms with Gasteiger partial charge in [0.15, 0.2) is 5.82 Å². The number of aromatic nitrogens is 2. The molecule has 0 amide bonds. The standard InChI is InChI=1S/C19H22N4O/c1-22-11-16-17(12-22)20-18(13-5-3-2-4-6-13)21-19(16)23-9-14-7-8-15(10-23)24-14/h2-6,14-15H,7-12H2,1H3. The number of rotatable bonds is 2. The van der Waals surface area contributed by atoms with E-state index < -0.39 is 0 Å². The van der Waals surface area contributed by atoms with E-state index in [0.717, 1.165) is 43.4 Å². The van der Waals surface area contributed by atoms with Crippen molar-refractivity contribution in [2.24, 2.45) is 0 Å². The molecule has 2 saturated heterocycles. The lowest BCUT2D eigenvalue weighted by Gasteiger charge is -2.34. The van der Waals surface area contributed by atoms with E-state index in [-0.39, 0.29) is 0 Å². The number of hydrogen-bond donors (Lipinski definition) is 0. The molecule has 124 valence electrons. The Morgan fingerprint density at radius 1 is 1.00 bits per heavy atom. The smallest absolute Gasteiger partial charge is 0.161 e. The molecule has 4 heterocycles. The van der Waals surface area contributed by atoms with Gasteiger partial charge in [-0.2, -0.15) is 0 Å². The second-order valence-electron chi connectivity index (χ2n) is 7.20. The summed E-state index contributed by atoms with van der Waals surface area (Å²) in [4.78, 5) is 14.6. The third kappa shape index (κ3) is 2.39. The van der Waals surface area contributed by atoms with E-state index in [1.165, 1.54) is 24.1 Å². The highest BCUT2D eigenvalue weighted by Crippen LogP contribution is 2.35. The molecule has 5 rings (SSSR count). The molecule has 3 aliphatic rings. The molecule has 3 aliphatic heterocycles. The van der Waals surface area contributed by atoms with Gasteiger partial charge in [-0.05, 0) is 19.9 Å². The van der Waals surface area contributed by atoms with E-state index in [0.29, 0.717) is 12.2 Å². The summed E-state index contributed by atoms with van der Waals surface area (Å²) in [5.74, 6) is 1.97. The summed E-state index contributed by atoms with van der Waals surface area (Å²) < 4.78 is 6.01. The fourth-order valence-corrected chi connectivity index (χ4v) is 4.16. The minimum absolute atomic E-state index is 0.369. The first kappa shape index (κ1) is 14.4. The van der Waals surface area contributed by atoms with E-state index in [2.05, 4.69) is 29.0 Å². The van der Waals surface area contributed by atoms with Crippen LogP contribution in [0.5, 0.6) is 0 Å². The Hall–Kier alpha value is -1.98. The van der Waals surface area contributed by atoms with Crippen LogP contribution >= 0.6 is 0 Å². The Labute approximate surface area is 142 Å². The molecule has 0 spiro atoms. The summed E-state index contributed by atoms with van der Waals surface area (Å²) in [6.07, 6.45) is 3.10. The Balaban J connectivity index is 1.59. The molecule has 24 heavy (non-hydrogen) atoms. The quantitative estimate of drug-likeness (QED) is 0.849. The van der Waals surface area contributed by atoms with Crippen molar-refractivity contribution in [3.63, 3.8) is 0 Å². The first-order chi connectivity index (χ1) is 11.8. The third-order valence-corrected chi connectivity index (χ3v) is 5.29. The molecule has 1 aromatic heterocycles. The molecule has 0 N–H and O–H groups in total. The highest BCUT2D eigenvalue weighted by Gasteiger charge is 2.36. The predicted octanol–water partition coefficient (Wildman–Crippen LogP) is 2.46. The van der Waals surface area contributed by atoms with Crippen LogP contribution in [0.4, 0.5) is 5.82 Å². The Kier molecular flexibility index (Phi) is 3.31. The average molecular weight is 322 g/mol. The van der Waals surface area contributed by atoms with Crippen molar-refractivity contribution in [1.82, 2.24) is 14.9 Å². The molecule has 0 radical (unpaired) electrons. The Bertz CT molecular complexity index is 751. The van der Waals surface area contributed by atoms with Crippen molar-refractivity contribution in [2.75, 3.05) is 25.0 Å². The van der Waals surface area contributed by atoms with Crippen LogP contribution in [0.25, 0.3) is 11.4 Å². The molecule has 2 fully saturated rings. The van der Waals surface area contributed by atoms with E-state index in [1.54, 1.807) is 0 Å². The van der Waals surface area contributed by atoms with Gasteiger partial charge in [0.1, 0.15) is 5.82 Å². The number of ether oxygens (including phenoxy) is 1. The van der Waals surface area contributed by atoms with E-state index in [1.807, 2.05) is 18.2 Å². The zero-order valence-corrected chi connectivity index (χ0v) is 14.0. The van der Waals surface area contributed by atoms with Crippen LogP contribution < -0.4 is 4.90 Å². The van der Waals surface area contributed by atoms with Gasteiger partial charge in [0.05, 0.1) is 17.9 Å². The minimum Gasteiger partial charge on any atom is -0.371 e. The van der Waals surface area contributed by atoms with Crippen LogP contribution in [0.1, 0.15) is 24.1 Å². The summed E-state index contributed by atoms with van der Waals surface area (Å²) in [6.45, 7) is 3.75. The van der Waals surface area contributed by atoms with Crippen molar-refractivity contribution in [3.05, 3.63) is 41.6 Å². The summed E-state index contributed by atoms with van der Waals surface area (Å²) in [6, 6.07) is 10.3. The van der Waals surface area contributed by atoms with E-state index >= 15 is 0 Å². The van der Waals surface area contributed by atoms with Crippen molar-refractivity contribution >= 4 is 5.82 Å². The Morgan fingerprint density at radius 3 is 2.50 bits per heavy atom. The van der Waals surface area contributed by atoms with Gasteiger partial charge in [-0.25, -0.2) is 9.97 Å². The summed E-state index contributed by atoms with van der Waals surface area (Å²) >= 11 is 0. The van der Waals surface area contributed by atoms with E-state index in [4.69, 9.17) is 14.7 Å². The zero-order chi connectivity index (χ0) is 16.1. The van der Waals surface area contributed by atoms with Gasteiger partial charge in [0.2, 0.25) is 0 Å². The van der Waals surface area contributed by atoms with Crippen LogP contribution in [0.3, 0.4) is 0 Å². The monoisotopic (exact) mass is 322 g/mol. The lowest BCUT2D eigenvalue weighted by Crippen LogP contribution is -2.43. The molecular formula is C19H22N4O. The Morgan fingerprint density at radius 2 is 1.75 bits per heavy atom. The fraction of sp³-hybridized carbons (Fsp3) is 0.474. The van der Waals surface area contributed by atoms with Crippen LogP contribution in [-0.4, -0.2) is 47.2 Å². The van der Waals surface area contributed by atoms with Gasteiger partial charge in [-0.1, -0.05) is 30.3 Å². The molecule has 2 unspecified atom stereocenters. The maximum Gasteiger partial charge on any atom is 0.161 e. The van der Waals surface area contributed by atoms with Gasteiger partial charge < -0.3 is 9.64 Å². The predicted molar refractivity (Wildman–Crippen MR) is 92.7 cm³/mol. The number of anilines is 1. The molecule has 2 atom stereocenters. The first-order valence-electron chi connectivity index (χ1n) is 8.80. The van der Waals surface area contributed by atoms with Crippen molar-refractivity contribution in [1.29, 1.82) is 0 Å². The van der Waals surface area contributed by atoms with Crippen LogP contribution in [0.2, 0.25) is 0 Å². The van der Waals surface area contributed by atoms with Gasteiger partial charge in [0.25, 0.3) is 0 Å². The lowest BCUT2D eigenvalue weighted by atomic mass is 10.1. The summed E-state index contributed by atoms with van der Waals surface area (Å²) in [7, 11) is 2.15. The largest absolute Gasteiger partial charge is 0.371 e. The van der Waals surface area contributed by atoms with Crippen LogP contribution in [0, 0.1) is 0 Å². The maximum atomic E-state index is 6.01. The highest BCUT2D eigenvalue weighted by atomic mass is 16.5. The molecule has 1 aromatic carbocycles. The number of hydrogen-bond acceptors (Lipinski definition) is 5. The summed E-state index contributed by atoms with van der Waals surface area (Å²) in [5, 5.41) is 0. The van der Waals surface area contributed by atoms with Gasteiger partial charge in [-0.15, -0.1) is 0 Å². The van der Waals surface area contributed by atoms with Crippen LogP contribution in [0.15, 0.2) is 30.3 Å². The SMILES string of the molecule is CN1Cc2nc(-c3ccccc3)nc(N3CC4CCC(C3)O4)c2C1. The minimum atomic E-state index is 0.369. The van der Waals surface area contributed by atoms with Gasteiger partial charge in [0, 0.05) is 37.3 Å². The number of nitrogens with zero attached hydrogens (tertiary/aromatic N) is 4. The third-order valence-electron chi connectivity index (χ3n) is 5.29. The number of fused-ring (bicyclic) bond motifs is 3. The first-order valence-corrected chi connectivity index (χ1v) is 8.80. The molecule has 5 nitrogen and oxygen atoms in total. The maximum absolute atomic E-state index is 6.01. The van der Waals surface area contributed by atoms with E-state index in [9.17, 15) is 0 Å². The fourth-order valence-electron chi connectivity index (χ4n) is 4.16. The summed E-state index contributed by atoms with van der Waals surface area (Å²) in [5.41, 5.74) is 3.58. The topological polar surface area (TPSA) is 41.5 Å². The van der Waals surface area contributed by atoms with Crippen molar-refractivity contribution in [2.45, 2.75) is 38.1 Å². The molecular weight excluding hydrogens is 300 g/mol. The normalized spacial score (nSPS) is 26.0. The van der Waals surface area contributed by atoms with Gasteiger partial charge in [-0.3, -0.25) is 4.90 Å². The molecule has 0 aliphatic carbocycles. The highest BCUT2D eigenvalue weighted by molar-refractivity contribution is 5.61. The molecule has 2 bridgehead atoms. The lowest BCUT2D eigenvalue weighted by molar-refractivity contribution is 0.0301. The zero-order valence-electron chi connectivity index (χ0n) is 14.0. The molecule has 0 saturated carbocycles. The molecule has 2 aromatic rings. The van der Waals surface area contributed by atoms with Gasteiger partial charge >= 0.3 is 0 Å².